The fourth-order valence-electron chi connectivity index (χ4n) is 4.53. The number of likely N-dealkylation sites (tertiary alicyclic amines) is 1. The number of aromatic carboxylic acids is 1. The van der Waals surface area contributed by atoms with Crippen molar-refractivity contribution in [3.8, 4) is 0 Å². The number of benzene rings is 2. The molecular formula is C28H30N4O4. The van der Waals surface area contributed by atoms with Crippen molar-refractivity contribution in [2.75, 3.05) is 19.6 Å². The molecule has 0 bridgehead atoms. The number of amides is 2. The number of nitrogens with zero attached hydrogens (tertiary/aromatic N) is 3. The Balaban J connectivity index is 1.36. The number of hydrogen-bond donors (Lipinski definition) is 2. The molecule has 2 aromatic carbocycles. The van der Waals surface area contributed by atoms with E-state index in [-0.39, 0.29) is 23.3 Å². The summed E-state index contributed by atoms with van der Waals surface area (Å²) >= 11 is 0. The Morgan fingerprint density at radius 1 is 1.03 bits per heavy atom. The molecule has 0 atom stereocenters. The van der Waals surface area contributed by atoms with Gasteiger partial charge in [0.2, 0.25) is 5.91 Å². The molecule has 0 spiro atoms. The molecule has 8 nitrogen and oxygen atoms in total. The van der Waals surface area contributed by atoms with Crippen molar-refractivity contribution in [2.45, 2.75) is 38.5 Å². The van der Waals surface area contributed by atoms with Gasteiger partial charge in [0.15, 0.2) is 0 Å². The van der Waals surface area contributed by atoms with Crippen LogP contribution < -0.4 is 5.32 Å². The highest BCUT2D eigenvalue weighted by Gasteiger charge is 2.28. The molecule has 0 aliphatic carbocycles. The molecule has 186 valence electrons. The Bertz CT molecular complexity index is 1240. The van der Waals surface area contributed by atoms with Crippen molar-refractivity contribution < 1.29 is 19.5 Å². The van der Waals surface area contributed by atoms with Gasteiger partial charge in [-0.25, -0.2) is 14.8 Å². The third-order valence-electron chi connectivity index (χ3n) is 6.49. The van der Waals surface area contributed by atoms with E-state index in [1.54, 1.807) is 31.3 Å². The normalized spacial score (nSPS) is 13.9. The highest BCUT2D eigenvalue weighted by Crippen LogP contribution is 2.29. The van der Waals surface area contributed by atoms with E-state index in [9.17, 15) is 14.4 Å². The Hall–Kier alpha value is -4.07. The van der Waals surface area contributed by atoms with Gasteiger partial charge < -0.3 is 15.3 Å². The van der Waals surface area contributed by atoms with Crippen molar-refractivity contribution in [1.82, 2.24) is 20.2 Å². The number of nitrogens with one attached hydrogen (secondary N) is 1. The van der Waals surface area contributed by atoms with Gasteiger partial charge in [0.05, 0.1) is 23.2 Å². The van der Waals surface area contributed by atoms with Gasteiger partial charge in [-0.15, -0.1) is 0 Å². The summed E-state index contributed by atoms with van der Waals surface area (Å²) in [7, 11) is 0. The molecule has 0 radical (unpaired) electrons. The van der Waals surface area contributed by atoms with Crippen LogP contribution in [0.15, 0.2) is 60.8 Å². The molecule has 3 aromatic rings. The molecule has 1 aliphatic heterocycles. The van der Waals surface area contributed by atoms with Crippen LogP contribution in [-0.4, -0.2) is 57.4 Å². The van der Waals surface area contributed by atoms with Crippen LogP contribution in [0.3, 0.4) is 0 Å². The number of hydrogen-bond acceptors (Lipinski definition) is 5. The monoisotopic (exact) mass is 486 g/mol. The summed E-state index contributed by atoms with van der Waals surface area (Å²) in [6, 6.07) is 16.4. The highest BCUT2D eigenvalue weighted by atomic mass is 16.4. The van der Waals surface area contributed by atoms with Crippen LogP contribution >= 0.6 is 0 Å². The molecule has 36 heavy (non-hydrogen) atoms. The summed E-state index contributed by atoms with van der Waals surface area (Å²) in [5.74, 6) is -0.435. The molecule has 8 heteroatoms. The molecule has 1 fully saturated rings. The van der Waals surface area contributed by atoms with Gasteiger partial charge in [-0.1, -0.05) is 42.5 Å². The number of aryl methyl sites for hydroxylation is 1. The van der Waals surface area contributed by atoms with Crippen molar-refractivity contribution in [2.24, 2.45) is 0 Å². The summed E-state index contributed by atoms with van der Waals surface area (Å²) in [5.41, 5.74) is 3.24. The average Bonchev–Trinajstić information content (AvgIpc) is 2.89. The van der Waals surface area contributed by atoms with Gasteiger partial charge in [-0.3, -0.25) is 9.59 Å². The average molecular weight is 487 g/mol. The third kappa shape index (κ3) is 6.33. The maximum Gasteiger partial charge on any atom is 0.335 e. The summed E-state index contributed by atoms with van der Waals surface area (Å²) in [4.78, 5) is 47.7. The van der Waals surface area contributed by atoms with E-state index in [4.69, 9.17) is 5.11 Å². The third-order valence-corrected chi connectivity index (χ3v) is 6.49. The van der Waals surface area contributed by atoms with Crippen molar-refractivity contribution >= 4 is 17.8 Å². The fraction of sp³-hybridized carbons (Fsp3) is 0.321. The minimum absolute atomic E-state index is 0.0699. The molecule has 1 aliphatic rings. The van der Waals surface area contributed by atoms with Gasteiger partial charge >= 0.3 is 5.97 Å². The van der Waals surface area contributed by atoms with Crippen LogP contribution in [0, 0.1) is 6.92 Å². The smallest absolute Gasteiger partial charge is 0.335 e. The molecule has 2 N–H and O–H groups in total. The summed E-state index contributed by atoms with van der Waals surface area (Å²) in [5, 5.41) is 12.1. The predicted molar refractivity (Wildman–Crippen MR) is 135 cm³/mol. The number of aromatic nitrogens is 2. The van der Waals surface area contributed by atoms with E-state index in [0.29, 0.717) is 43.9 Å². The van der Waals surface area contributed by atoms with Crippen molar-refractivity contribution in [3.05, 3.63) is 94.6 Å². The topological polar surface area (TPSA) is 112 Å². The lowest BCUT2D eigenvalue weighted by Gasteiger charge is -2.32. The first-order valence-corrected chi connectivity index (χ1v) is 12.2. The number of rotatable bonds is 8. The first kappa shape index (κ1) is 25.0. The van der Waals surface area contributed by atoms with E-state index in [0.717, 1.165) is 29.7 Å². The Labute approximate surface area is 210 Å². The van der Waals surface area contributed by atoms with Crippen LogP contribution in [0.4, 0.5) is 0 Å². The number of carbonyl (C=O) groups is 3. The zero-order chi connectivity index (χ0) is 25.5. The van der Waals surface area contributed by atoms with Crippen LogP contribution in [0.5, 0.6) is 0 Å². The number of carboxylic acids is 1. The van der Waals surface area contributed by atoms with Gasteiger partial charge in [0, 0.05) is 31.7 Å². The Kier molecular flexibility index (Phi) is 8.05. The van der Waals surface area contributed by atoms with E-state index < -0.39 is 5.97 Å². The molecule has 2 heterocycles. The number of carbonyl (C=O) groups excluding carboxylic acids is 2. The highest BCUT2D eigenvalue weighted by molar-refractivity contribution is 5.95. The SMILES string of the molecule is Cc1ncc(C(=O)NCCc2cccc(C(=O)O)c2)c(C2CCN(C(=O)Cc3ccccc3)CC2)n1. The van der Waals surface area contributed by atoms with E-state index in [1.807, 2.05) is 41.3 Å². The standard InChI is InChI=1S/C28H30N4O4/c1-19-30-18-24(27(34)29-13-10-21-8-5-9-23(16-21)28(35)36)26(31-19)22-11-14-32(15-12-22)25(33)17-20-6-3-2-4-7-20/h2-9,16,18,22H,10-15,17H2,1H3,(H,29,34)(H,35,36). The second-order valence-corrected chi connectivity index (χ2v) is 9.04. The molecule has 1 saturated heterocycles. The van der Waals surface area contributed by atoms with Crippen LogP contribution in [0.25, 0.3) is 0 Å². The van der Waals surface area contributed by atoms with Crippen LogP contribution in [-0.2, 0) is 17.6 Å². The molecule has 1 aromatic heterocycles. The number of piperidine rings is 1. The van der Waals surface area contributed by atoms with Crippen molar-refractivity contribution in [3.63, 3.8) is 0 Å². The fourth-order valence-corrected chi connectivity index (χ4v) is 4.53. The second-order valence-electron chi connectivity index (χ2n) is 9.04. The Morgan fingerprint density at radius 2 is 1.75 bits per heavy atom. The van der Waals surface area contributed by atoms with Gasteiger partial charge in [0.1, 0.15) is 5.82 Å². The predicted octanol–water partition coefficient (Wildman–Crippen LogP) is 3.40. The molecule has 4 rings (SSSR count). The first-order valence-electron chi connectivity index (χ1n) is 12.2. The van der Waals surface area contributed by atoms with Crippen molar-refractivity contribution in [1.29, 1.82) is 0 Å². The maximum absolute atomic E-state index is 13.0. The van der Waals surface area contributed by atoms with Gasteiger partial charge in [-0.2, -0.15) is 0 Å². The van der Waals surface area contributed by atoms with E-state index >= 15 is 0 Å². The lowest BCUT2D eigenvalue weighted by molar-refractivity contribution is -0.131. The summed E-state index contributed by atoms with van der Waals surface area (Å²) in [6.45, 7) is 3.42. The number of carboxylic acid groups (broad SMARTS) is 1. The lowest BCUT2D eigenvalue weighted by Crippen LogP contribution is -2.39. The maximum atomic E-state index is 13.0. The minimum Gasteiger partial charge on any atom is -0.478 e. The summed E-state index contributed by atoms with van der Waals surface area (Å²) < 4.78 is 0. The van der Waals surface area contributed by atoms with Crippen LogP contribution in [0.1, 0.15) is 62.1 Å². The molecular weight excluding hydrogens is 456 g/mol. The molecule has 0 saturated carbocycles. The minimum atomic E-state index is -0.977. The van der Waals surface area contributed by atoms with E-state index in [1.165, 1.54) is 0 Å². The zero-order valence-electron chi connectivity index (χ0n) is 20.3. The summed E-state index contributed by atoms with van der Waals surface area (Å²) in [6.07, 6.45) is 3.95. The van der Waals surface area contributed by atoms with E-state index in [2.05, 4.69) is 15.3 Å². The van der Waals surface area contributed by atoms with Crippen LogP contribution in [0.2, 0.25) is 0 Å². The zero-order valence-corrected chi connectivity index (χ0v) is 20.3. The first-order chi connectivity index (χ1) is 17.4. The largest absolute Gasteiger partial charge is 0.478 e. The van der Waals surface area contributed by atoms with Gasteiger partial charge in [0.25, 0.3) is 5.91 Å². The second kappa shape index (κ2) is 11.6. The quantitative estimate of drug-likeness (QED) is 0.505. The molecule has 0 unspecified atom stereocenters. The lowest BCUT2D eigenvalue weighted by atomic mass is 9.90. The molecule has 2 amide bonds. The van der Waals surface area contributed by atoms with Gasteiger partial charge in [-0.05, 0) is 49.4 Å². The Morgan fingerprint density at radius 3 is 2.47 bits per heavy atom.